The minimum atomic E-state index is 0.00223. The van der Waals surface area contributed by atoms with E-state index in [1.165, 1.54) is 0 Å². The monoisotopic (exact) mass is 389 g/mol. The second kappa shape index (κ2) is 10.2. The van der Waals surface area contributed by atoms with Crippen molar-refractivity contribution in [1.29, 1.82) is 0 Å². The Morgan fingerprint density at radius 3 is 2.41 bits per heavy atom. The van der Waals surface area contributed by atoms with Crippen LogP contribution < -0.4 is 14.8 Å². The van der Waals surface area contributed by atoms with Gasteiger partial charge in [0.25, 0.3) is 0 Å². The topological polar surface area (TPSA) is 47.6 Å². The van der Waals surface area contributed by atoms with Gasteiger partial charge in [0.1, 0.15) is 18.1 Å². The van der Waals surface area contributed by atoms with E-state index in [0.717, 1.165) is 17.1 Å². The van der Waals surface area contributed by atoms with Crippen molar-refractivity contribution in [2.75, 3.05) is 19.8 Å². The quantitative estimate of drug-likeness (QED) is 0.614. The molecule has 27 heavy (non-hydrogen) atoms. The third-order valence-corrected chi connectivity index (χ3v) is 4.26. The van der Waals surface area contributed by atoms with Crippen LogP contribution in [0.25, 0.3) is 0 Å². The zero-order valence-electron chi connectivity index (χ0n) is 16.3. The van der Waals surface area contributed by atoms with Crippen molar-refractivity contribution in [3.8, 4) is 11.5 Å². The third kappa shape index (κ3) is 7.51. The first-order valence-electron chi connectivity index (χ1n) is 9.23. The standard InChI is InChI=1S/C22H28ClNO3/c1-22(2,3)19-7-4-5-8-20(19)27-16-14-24-21(25)9-6-15-26-18-12-10-17(23)11-13-18/h4-5,7-8,10-13H,6,9,14-16H2,1-3H3,(H,24,25). The van der Waals surface area contributed by atoms with Gasteiger partial charge in [-0.25, -0.2) is 0 Å². The molecular formula is C22H28ClNO3. The van der Waals surface area contributed by atoms with Crippen LogP contribution in [0, 0.1) is 0 Å². The molecule has 0 heterocycles. The van der Waals surface area contributed by atoms with Crippen LogP contribution in [0.4, 0.5) is 0 Å². The summed E-state index contributed by atoms with van der Waals surface area (Å²) < 4.78 is 11.4. The van der Waals surface area contributed by atoms with Gasteiger partial charge in [0.15, 0.2) is 0 Å². The summed E-state index contributed by atoms with van der Waals surface area (Å²) in [6, 6.07) is 15.2. The molecule has 146 valence electrons. The van der Waals surface area contributed by atoms with Gasteiger partial charge in [-0.3, -0.25) is 4.79 Å². The van der Waals surface area contributed by atoms with Gasteiger partial charge >= 0.3 is 0 Å². The van der Waals surface area contributed by atoms with Gasteiger partial charge < -0.3 is 14.8 Å². The number of rotatable bonds is 9. The summed E-state index contributed by atoms with van der Waals surface area (Å²) >= 11 is 5.83. The molecule has 1 N–H and O–H groups in total. The maximum absolute atomic E-state index is 11.9. The van der Waals surface area contributed by atoms with Crippen molar-refractivity contribution in [1.82, 2.24) is 5.32 Å². The molecule has 0 fully saturated rings. The van der Waals surface area contributed by atoms with E-state index in [1.54, 1.807) is 12.1 Å². The number of hydrogen-bond acceptors (Lipinski definition) is 3. The first-order chi connectivity index (χ1) is 12.9. The smallest absolute Gasteiger partial charge is 0.220 e. The fraction of sp³-hybridized carbons (Fsp3) is 0.409. The fourth-order valence-electron chi connectivity index (χ4n) is 2.61. The molecule has 0 aromatic heterocycles. The molecule has 0 spiro atoms. The highest BCUT2D eigenvalue weighted by molar-refractivity contribution is 6.30. The summed E-state index contributed by atoms with van der Waals surface area (Å²) in [6.45, 7) is 7.88. The van der Waals surface area contributed by atoms with Gasteiger partial charge in [0.05, 0.1) is 13.2 Å². The van der Waals surface area contributed by atoms with E-state index in [1.807, 2.05) is 30.3 Å². The predicted octanol–water partition coefficient (Wildman–Crippen LogP) is 4.99. The van der Waals surface area contributed by atoms with Crippen molar-refractivity contribution < 1.29 is 14.3 Å². The lowest BCUT2D eigenvalue weighted by atomic mass is 9.86. The number of benzene rings is 2. The van der Waals surface area contributed by atoms with E-state index in [0.29, 0.717) is 37.6 Å². The highest BCUT2D eigenvalue weighted by Gasteiger charge is 2.18. The molecule has 4 nitrogen and oxygen atoms in total. The second-order valence-corrected chi connectivity index (χ2v) is 7.79. The molecule has 0 aliphatic carbocycles. The van der Waals surface area contributed by atoms with Gasteiger partial charge in [-0.05, 0) is 47.7 Å². The zero-order valence-corrected chi connectivity index (χ0v) is 17.0. The Bertz CT molecular complexity index is 723. The third-order valence-electron chi connectivity index (χ3n) is 4.01. The van der Waals surface area contributed by atoms with Gasteiger partial charge in [0, 0.05) is 11.4 Å². The molecule has 0 aliphatic heterocycles. The molecule has 0 unspecified atom stereocenters. The van der Waals surface area contributed by atoms with Crippen LogP contribution in [-0.4, -0.2) is 25.7 Å². The van der Waals surface area contributed by atoms with Gasteiger partial charge in [-0.1, -0.05) is 50.6 Å². The van der Waals surface area contributed by atoms with E-state index < -0.39 is 0 Å². The van der Waals surface area contributed by atoms with Gasteiger partial charge in [-0.2, -0.15) is 0 Å². The minimum Gasteiger partial charge on any atom is -0.494 e. The number of hydrogen-bond donors (Lipinski definition) is 1. The average Bonchev–Trinajstić information content (AvgIpc) is 2.63. The minimum absolute atomic E-state index is 0.00223. The molecule has 1 amide bonds. The lowest BCUT2D eigenvalue weighted by molar-refractivity contribution is -0.121. The molecule has 2 aromatic rings. The van der Waals surface area contributed by atoms with Crippen LogP contribution in [0.15, 0.2) is 48.5 Å². The fourth-order valence-corrected chi connectivity index (χ4v) is 2.73. The summed E-state index contributed by atoms with van der Waals surface area (Å²) in [5.74, 6) is 1.63. The van der Waals surface area contributed by atoms with E-state index in [4.69, 9.17) is 21.1 Å². The van der Waals surface area contributed by atoms with Crippen molar-refractivity contribution in [2.24, 2.45) is 0 Å². The van der Waals surface area contributed by atoms with E-state index in [-0.39, 0.29) is 11.3 Å². The molecule has 0 aliphatic rings. The Balaban J connectivity index is 1.62. The molecule has 0 bridgehead atoms. The molecule has 0 atom stereocenters. The van der Waals surface area contributed by atoms with Crippen molar-refractivity contribution >= 4 is 17.5 Å². The number of carbonyl (C=O) groups excluding carboxylic acids is 1. The van der Waals surface area contributed by atoms with Crippen molar-refractivity contribution in [3.05, 3.63) is 59.1 Å². The Kier molecular flexibility index (Phi) is 7.99. The molecule has 2 rings (SSSR count). The predicted molar refractivity (Wildman–Crippen MR) is 110 cm³/mol. The van der Waals surface area contributed by atoms with E-state index in [2.05, 4.69) is 32.2 Å². The van der Waals surface area contributed by atoms with Crippen LogP contribution in [0.5, 0.6) is 11.5 Å². The average molecular weight is 390 g/mol. The van der Waals surface area contributed by atoms with Crippen molar-refractivity contribution in [2.45, 2.75) is 39.0 Å². The number of amides is 1. The number of nitrogens with one attached hydrogen (secondary N) is 1. The highest BCUT2D eigenvalue weighted by atomic mass is 35.5. The van der Waals surface area contributed by atoms with Crippen LogP contribution in [0.3, 0.4) is 0 Å². The number of carbonyl (C=O) groups is 1. The summed E-state index contributed by atoms with van der Waals surface area (Å²) in [5, 5.41) is 3.56. The largest absolute Gasteiger partial charge is 0.494 e. The molecule has 0 saturated heterocycles. The molecular weight excluding hydrogens is 362 g/mol. The highest BCUT2D eigenvalue weighted by Crippen LogP contribution is 2.30. The number of halogens is 1. The van der Waals surface area contributed by atoms with Crippen LogP contribution in [0.1, 0.15) is 39.2 Å². The van der Waals surface area contributed by atoms with Crippen LogP contribution >= 0.6 is 11.6 Å². The summed E-state index contributed by atoms with van der Waals surface area (Å²) in [7, 11) is 0. The lowest BCUT2D eigenvalue weighted by Gasteiger charge is -2.22. The van der Waals surface area contributed by atoms with E-state index in [9.17, 15) is 4.79 Å². The first kappa shape index (κ1) is 21.1. The Morgan fingerprint density at radius 2 is 1.70 bits per heavy atom. The van der Waals surface area contributed by atoms with Crippen LogP contribution in [-0.2, 0) is 10.2 Å². The van der Waals surface area contributed by atoms with Crippen LogP contribution in [0.2, 0.25) is 5.02 Å². The zero-order chi connectivity index (χ0) is 19.7. The molecule has 0 radical (unpaired) electrons. The molecule has 2 aromatic carbocycles. The SMILES string of the molecule is CC(C)(C)c1ccccc1OCCNC(=O)CCCOc1ccc(Cl)cc1. The Hall–Kier alpha value is -2.20. The number of ether oxygens (including phenoxy) is 2. The summed E-state index contributed by atoms with van der Waals surface area (Å²) in [6.07, 6.45) is 1.08. The Morgan fingerprint density at radius 1 is 1.00 bits per heavy atom. The first-order valence-corrected chi connectivity index (χ1v) is 9.61. The van der Waals surface area contributed by atoms with Crippen molar-refractivity contribution in [3.63, 3.8) is 0 Å². The summed E-state index contributed by atoms with van der Waals surface area (Å²) in [5.41, 5.74) is 1.18. The van der Waals surface area contributed by atoms with Gasteiger partial charge in [-0.15, -0.1) is 0 Å². The number of para-hydroxylation sites is 1. The molecule has 0 saturated carbocycles. The normalized spacial score (nSPS) is 11.1. The second-order valence-electron chi connectivity index (χ2n) is 7.35. The van der Waals surface area contributed by atoms with E-state index >= 15 is 0 Å². The maximum Gasteiger partial charge on any atom is 0.220 e. The van der Waals surface area contributed by atoms with Gasteiger partial charge in [0.2, 0.25) is 5.91 Å². The Labute approximate surface area is 166 Å². The maximum atomic E-state index is 11.9. The lowest BCUT2D eigenvalue weighted by Crippen LogP contribution is -2.28. The molecule has 5 heteroatoms. The summed E-state index contributed by atoms with van der Waals surface area (Å²) in [4.78, 5) is 11.9.